The quantitative estimate of drug-likeness (QED) is 0.362. The van der Waals surface area contributed by atoms with Gasteiger partial charge < -0.3 is 10.3 Å². The molecule has 0 radical (unpaired) electrons. The zero-order valence-corrected chi connectivity index (χ0v) is 16.7. The minimum Gasteiger partial charge on any atom is -0.335 e. The standard InChI is InChI=1S/C23H20N4OS/c1-16-11-13-18(14-12-16)25-23(24-17-7-3-2-4-8-17)29-15-21-22(28)27-20-10-6-5-9-19(20)26-21/h2-14H,15H2,1H3,(H,24,25)(H,27,28). The molecule has 0 fully saturated rings. The largest absolute Gasteiger partial charge is 0.335 e. The van der Waals surface area contributed by atoms with Crippen LogP contribution >= 0.6 is 11.8 Å². The number of fused-ring (bicyclic) bond motifs is 1. The molecule has 0 aliphatic heterocycles. The Morgan fingerprint density at radius 3 is 2.52 bits per heavy atom. The number of hydrogen-bond donors (Lipinski definition) is 2. The zero-order chi connectivity index (χ0) is 20.1. The Labute approximate surface area is 172 Å². The maximum atomic E-state index is 12.4. The van der Waals surface area contributed by atoms with Gasteiger partial charge in [-0.05, 0) is 43.3 Å². The number of hydrogen-bond acceptors (Lipinski definition) is 4. The van der Waals surface area contributed by atoms with Crippen molar-refractivity contribution < 1.29 is 0 Å². The molecule has 0 aliphatic rings. The van der Waals surface area contributed by atoms with Gasteiger partial charge in [0.25, 0.3) is 5.56 Å². The summed E-state index contributed by atoms with van der Waals surface area (Å²) in [5.41, 5.74) is 4.78. The summed E-state index contributed by atoms with van der Waals surface area (Å²) >= 11 is 1.45. The van der Waals surface area contributed by atoms with Gasteiger partial charge in [-0.15, -0.1) is 0 Å². The monoisotopic (exact) mass is 400 g/mol. The SMILES string of the molecule is Cc1ccc(N=C(Nc2ccccc2)SCc2nc3ccccc3[nH]c2=O)cc1. The number of aryl methyl sites for hydroxylation is 1. The lowest BCUT2D eigenvalue weighted by Crippen LogP contribution is -2.16. The van der Waals surface area contributed by atoms with E-state index in [1.54, 1.807) is 0 Å². The van der Waals surface area contributed by atoms with Crippen LogP contribution < -0.4 is 10.9 Å². The molecule has 0 amide bonds. The Bertz CT molecular complexity index is 1200. The summed E-state index contributed by atoms with van der Waals surface area (Å²) in [5.74, 6) is 0.407. The molecule has 1 heterocycles. The number of benzene rings is 3. The number of H-pyrrole nitrogens is 1. The molecule has 0 bridgehead atoms. The fraction of sp³-hybridized carbons (Fsp3) is 0.0870. The number of thioether (sulfide) groups is 1. The van der Waals surface area contributed by atoms with Crippen LogP contribution in [0.4, 0.5) is 11.4 Å². The van der Waals surface area contributed by atoms with Gasteiger partial charge in [0.1, 0.15) is 5.69 Å². The molecule has 0 saturated carbocycles. The third-order valence-electron chi connectivity index (χ3n) is 4.31. The molecule has 0 aliphatic carbocycles. The lowest BCUT2D eigenvalue weighted by atomic mass is 10.2. The second-order valence-electron chi connectivity index (χ2n) is 6.56. The third-order valence-corrected chi connectivity index (χ3v) is 5.19. The smallest absolute Gasteiger partial charge is 0.271 e. The molecule has 1 aromatic heterocycles. The van der Waals surface area contributed by atoms with Crippen LogP contribution in [0.1, 0.15) is 11.3 Å². The number of nitrogens with zero attached hydrogens (tertiary/aromatic N) is 2. The number of anilines is 1. The summed E-state index contributed by atoms with van der Waals surface area (Å²) in [6, 6.07) is 25.4. The average Bonchev–Trinajstić information content (AvgIpc) is 2.74. The maximum Gasteiger partial charge on any atom is 0.271 e. The van der Waals surface area contributed by atoms with Gasteiger partial charge in [0.05, 0.1) is 16.7 Å². The van der Waals surface area contributed by atoms with Crippen molar-refractivity contribution in [3.05, 3.63) is 100 Å². The predicted octanol–water partition coefficient (Wildman–Crippen LogP) is 5.26. The highest BCUT2D eigenvalue weighted by atomic mass is 32.2. The summed E-state index contributed by atoms with van der Waals surface area (Å²) in [6.45, 7) is 2.04. The highest BCUT2D eigenvalue weighted by Crippen LogP contribution is 2.20. The van der Waals surface area contributed by atoms with Crippen molar-refractivity contribution in [3.8, 4) is 0 Å². The predicted molar refractivity (Wildman–Crippen MR) is 122 cm³/mol. The normalized spacial score (nSPS) is 11.6. The fourth-order valence-electron chi connectivity index (χ4n) is 2.78. The molecule has 144 valence electrons. The van der Waals surface area contributed by atoms with Crippen LogP contribution in [0.25, 0.3) is 11.0 Å². The third kappa shape index (κ3) is 4.92. The molecular formula is C23H20N4OS. The van der Waals surface area contributed by atoms with Crippen molar-refractivity contribution in [2.45, 2.75) is 12.7 Å². The summed E-state index contributed by atoms with van der Waals surface area (Å²) in [5, 5.41) is 4.05. The molecule has 4 aromatic rings. The van der Waals surface area contributed by atoms with E-state index in [9.17, 15) is 4.79 Å². The van der Waals surface area contributed by atoms with E-state index in [0.717, 1.165) is 22.4 Å². The second kappa shape index (κ2) is 8.75. The highest BCUT2D eigenvalue weighted by molar-refractivity contribution is 8.13. The number of aromatic amines is 1. The summed E-state index contributed by atoms with van der Waals surface area (Å²) < 4.78 is 0. The molecule has 0 unspecified atom stereocenters. The first kappa shape index (κ1) is 19.0. The first-order valence-corrected chi connectivity index (χ1v) is 10.2. The Kier molecular flexibility index (Phi) is 5.72. The number of amidine groups is 1. The Morgan fingerprint density at radius 1 is 1.00 bits per heavy atom. The van der Waals surface area contributed by atoms with Gasteiger partial charge in [0.15, 0.2) is 5.17 Å². The van der Waals surface area contributed by atoms with Crippen LogP contribution in [0, 0.1) is 6.92 Å². The molecule has 29 heavy (non-hydrogen) atoms. The van der Waals surface area contributed by atoms with E-state index in [0.29, 0.717) is 16.6 Å². The second-order valence-corrected chi connectivity index (χ2v) is 7.53. The Morgan fingerprint density at radius 2 is 1.72 bits per heavy atom. The first-order chi connectivity index (χ1) is 14.2. The van der Waals surface area contributed by atoms with E-state index in [-0.39, 0.29) is 5.56 Å². The van der Waals surface area contributed by atoms with Gasteiger partial charge in [0.2, 0.25) is 0 Å². The van der Waals surface area contributed by atoms with Crippen molar-refractivity contribution >= 4 is 39.3 Å². The van der Waals surface area contributed by atoms with Crippen molar-refractivity contribution in [1.29, 1.82) is 0 Å². The fourth-order valence-corrected chi connectivity index (χ4v) is 3.61. The Hall–Kier alpha value is -3.38. The number of rotatable bonds is 4. The van der Waals surface area contributed by atoms with Crippen LogP contribution in [0.15, 0.2) is 88.6 Å². The molecule has 6 heteroatoms. The van der Waals surface area contributed by atoms with Crippen molar-refractivity contribution in [1.82, 2.24) is 9.97 Å². The van der Waals surface area contributed by atoms with Gasteiger partial charge in [-0.25, -0.2) is 9.98 Å². The first-order valence-electron chi connectivity index (χ1n) is 9.25. The number of nitrogens with one attached hydrogen (secondary N) is 2. The molecular weight excluding hydrogens is 380 g/mol. The van der Waals surface area contributed by atoms with Crippen LogP contribution in [-0.4, -0.2) is 15.1 Å². The van der Waals surface area contributed by atoms with E-state index in [2.05, 4.69) is 15.3 Å². The number of para-hydroxylation sites is 3. The van der Waals surface area contributed by atoms with Gasteiger partial charge in [-0.2, -0.15) is 0 Å². The maximum absolute atomic E-state index is 12.4. The van der Waals surface area contributed by atoms with Crippen molar-refractivity contribution in [2.24, 2.45) is 4.99 Å². The highest BCUT2D eigenvalue weighted by Gasteiger charge is 2.09. The average molecular weight is 401 g/mol. The van der Waals surface area contributed by atoms with E-state index in [1.165, 1.54) is 17.3 Å². The lowest BCUT2D eigenvalue weighted by molar-refractivity contribution is 1.11. The van der Waals surface area contributed by atoms with E-state index >= 15 is 0 Å². The van der Waals surface area contributed by atoms with Gasteiger partial charge in [-0.3, -0.25) is 4.79 Å². The molecule has 0 saturated heterocycles. The topological polar surface area (TPSA) is 70.1 Å². The van der Waals surface area contributed by atoms with E-state index < -0.39 is 0 Å². The lowest BCUT2D eigenvalue weighted by Gasteiger charge is -2.10. The summed E-state index contributed by atoms with van der Waals surface area (Å²) in [4.78, 5) is 24.6. The Balaban J connectivity index is 1.60. The van der Waals surface area contributed by atoms with Gasteiger partial charge in [0, 0.05) is 11.4 Å². The minimum atomic E-state index is -0.175. The molecule has 3 aromatic carbocycles. The van der Waals surface area contributed by atoms with E-state index in [4.69, 9.17) is 4.99 Å². The minimum absolute atomic E-state index is 0.175. The van der Waals surface area contributed by atoms with E-state index in [1.807, 2.05) is 85.8 Å². The summed E-state index contributed by atoms with van der Waals surface area (Å²) in [6.07, 6.45) is 0. The molecule has 4 rings (SSSR count). The van der Waals surface area contributed by atoms with Crippen molar-refractivity contribution in [2.75, 3.05) is 5.32 Å². The molecule has 2 N–H and O–H groups in total. The van der Waals surface area contributed by atoms with Crippen LogP contribution in [0.5, 0.6) is 0 Å². The van der Waals surface area contributed by atoms with Crippen LogP contribution in [0.3, 0.4) is 0 Å². The number of aromatic nitrogens is 2. The van der Waals surface area contributed by atoms with Crippen LogP contribution in [-0.2, 0) is 5.75 Å². The zero-order valence-electron chi connectivity index (χ0n) is 15.9. The molecule has 0 atom stereocenters. The molecule has 5 nitrogen and oxygen atoms in total. The summed E-state index contributed by atoms with van der Waals surface area (Å²) in [7, 11) is 0. The van der Waals surface area contributed by atoms with Gasteiger partial charge >= 0.3 is 0 Å². The van der Waals surface area contributed by atoms with Crippen molar-refractivity contribution in [3.63, 3.8) is 0 Å². The van der Waals surface area contributed by atoms with Gasteiger partial charge in [-0.1, -0.05) is 59.8 Å². The number of aliphatic imine (C=N–C) groups is 1. The van der Waals surface area contributed by atoms with Crippen LogP contribution in [0.2, 0.25) is 0 Å². The molecule has 0 spiro atoms.